The molecule has 0 aliphatic carbocycles. The van der Waals surface area contributed by atoms with Crippen LogP contribution in [-0.2, 0) is 9.53 Å². The minimum atomic E-state index is -0.569. The molecule has 0 radical (unpaired) electrons. The van der Waals surface area contributed by atoms with Crippen LogP contribution < -0.4 is 4.74 Å². The van der Waals surface area contributed by atoms with E-state index in [4.69, 9.17) is 21.1 Å². The van der Waals surface area contributed by atoms with Gasteiger partial charge in [0, 0.05) is 11.6 Å². The normalized spacial score (nSPS) is 16.8. The van der Waals surface area contributed by atoms with Crippen molar-refractivity contribution in [1.29, 1.82) is 0 Å². The van der Waals surface area contributed by atoms with Crippen molar-refractivity contribution in [1.82, 2.24) is 4.90 Å². The zero-order valence-corrected chi connectivity index (χ0v) is 16.3. The molecule has 1 aromatic rings. The first kappa shape index (κ1) is 22.0. The van der Waals surface area contributed by atoms with Crippen LogP contribution in [-0.4, -0.2) is 54.9 Å². The maximum atomic E-state index is 11.7. The van der Waals surface area contributed by atoms with E-state index in [1.165, 1.54) is 0 Å². The van der Waals surface area contributed by atoms with Crippen molar-refractivity contribution in [3.8, 4) is 5.75 Å². The smallest absolute Gasteiger partial charge is 0.309 e. The Labute approximate surface area is 160 Å². The minimum absolute atomic E-state index is 0. The Morgan fingerprint density at radius 2 is 2.08 bits per heavy atom. The number of aliphatic hydroxyl groups is 1. The molecule has 1 aliphatic heterocycles. The summed E-state index contributed by atoms with van der Waals surface area (Å²) < 4.78 is 10.7. The molecule has 5 nitrogen and oxygen atoms in total. The summed E-state index contributed by atoms with van der Waals surface area (Å²) in [6.45, 7) is 6.53. The number of halogens is 2. The third-order valence-electron chi connectivity index (χ3n) is 4.25. The summed E-state index contributed by atoms with van der Waals surface area (Å²) in [6.07, 6.45) is 0.992. The van der Waals surface area contributed by atoms with Gasteiger partial charge in [0.25, 0.3) is 0 Å². The van der Waals surface area contributed by atoms with Crippen molar-refractivity contribution >= 4 is 30.0 Å². The third-order valence-corrected chi connectivity index (χ3v) is 4.67. The molecular weight excluding hydrogens is 365 g/mol. The highest BCUT2D eigenvalue weighted by atomic mass is 35.5. The number of likely N-dealkylation sites (tertiary alicyclic amines) is 1. The fourth-order valence-corrected chi connectivity index (χ4v) is 2.98. The predicted molar refractivity (Wildman–Crippen MR) is 101 cm³/mol. The molecule has 0 spiro atoms. The number of nitrogens with zero attached hydrogens (tertiary/aromatic N) is 1. The standard InChI is InChI=1S/C18H26ClNO4.ClH/c1-3-23-18(22)14-6-8-20(9-7-14)11-15(21)12-24-16-4-5-17(19)13(2)10-16;/h4-5,10,14-15,21H,3,6-9,11-12H2,1-2H3;1H. The van der Waals surface area contributed by atoms with Gasteiger partial charge in [-0.05, 0) is 63.5 Å². The second kappa shape index (κ2) is 10.9. The van der Waals surface area contributed by atoms with E-state index in [0.717, 1.165) is 31.5 Å². The van der Waals surface area contributed by atoms with E-state index in [0.29, 0.717) is 23.9 Å². The van der Waals surface area contributed by atoms with Crippen LogP contribution >= 0.6 is 24.0 Å². The Morgan fingerprint density at radius 3 is 2.68 bits per heavy atom. The summed E-state index contributed by atoms with van der Waals surface area (Å²) in [6, 6.07) is 5.45. The first-order valence-electron chi connectivity index (χ1n) is 8.45. The number of aliphatic hydroxyl groups excluding tert-OH is 1. The summed E-state index contributed by atoms with van der Waals surface area (Å²) in [7, 11) is 0. The molecule has 1 aromatic carbocycles. The Balaban J connectivity index is 0.00000312. The largest absolute Gasteiger partial charge is 0.491 e. The van der Waals surface area contributed by atoms with E-state index >= 15 is 0 Å². The molecule has 2 rings (SSSR count). The predicted octanol–water partition coefficient (Wildman–Crippen LogP) is 3.09. The van der Waals surface area contributed by atoms with Gasteiger partial charge in [0.05, 0.1) is 12.5 Å². The van der Waals surface area contributed by atoms with Crippen molar-refractivity contribution < 1.29 is 19.4 Å². The molecule has 1 aliphatic rings. The van der Waals surface area contributed by atoms with Crippen LogP contribution in [0.4, 0.5) is 0 Å². The van der Waals surface area contributed by atoms with E-state index in [-0.39, 0.29) is 30.9 Å². The monoisotopic (exact) mass is 391 g/mol. The lowest BCUT2D eigenvalue weighted by atomic mass is 9.97. The lowest BCUT2D eigenvalue weighted by Crippen LogP contribution is -2.42. The summed E-state index contributed by atoms with van der Waals surface area (Å²) in [5.41, 5.74) is 0.949. The van der Waals surface area contributed by atoms with Gasteiger partial charge in [-0.1, -0.05) is 11.6 Å². The number of hydrogen-bond acceptors (Lipinski definition) is 5. The summed E-state index contributed by atoms with van der Waals surface area (Å²) in [5.74, 6) is 0.600. The number of rotatable bonds is 7. The van der Waals surface area contributed by atoms with Gasteiger partial charge in [-0.25, -0.2) is 0 Å². The van der Waals surface area contributed by atoms with E-state index in [9.17, 15) is 9.90 Å². The lowest BCUT2D eigenvalue weighted by molar-refractivity contribution is -0.149. The Hall–Kier alpha value is -1.01. The first-order valence-corrected chi connectivity index (χ1v) is 8.83. The lowest BCUT2D eigenvalue weighted by Gasteiger charge is -2.32. The number of piperidine rings is 1. The summed E-state index contributed by atoms with van der Waals surface area (Å²) in [5, 5.41) is 10.9. The molecule has 0 aromatic heterocycles. The molecule has 1 unspecified atom stereocenters. The van der Waals surface area contributed by atoms with Crippen molar-refractivity contribution in [3.63, 3.8) is 0 Å². The first-order chi connectivity index (χ1) is 11.5. The maximum absolute atomic E-state index is 11.7. The van der Waals surface area contributed by atoms with Gasteiger partial charge < -0.3 is 19.5 Å². The van der Waals surface area contributed by atoms with Crippen LogP contribution in [0.5, 0.6) is 5.75 Å². The summed E-state index contributed by atoms with van der Waals surface area (Å²) >= 11 is 5.98. The quantitative estimate of drug-likeness (QED) is 0.723. The molecule has 1 saturated heterocycles. The van der Waals surface area contributed by atoms with Crippen molar-refractivity contribution in [2.45, 2.75) is 32.8 Å². The number of benzene rings is 1. The molecule has 142 valence electrons. The zero-order valence-electron chi connectivity index (χ0n) is 14.7. The fraction of sp³-hybridized carbons (Fsp3) is 0.611. The van der Waals surface area contributed by atoms with Crippen LogP contribution in [0.1, 0.15) is 25.3 Å². The number of ether oxygens (including phenoxy) is 2. The van der Waals surface area contributed by atoms with Gasteiger partial charge in [0.15, 0.2) is 0 Å². The zero-order chi connectivity index (χ0) is 17.5. The van der Waals surface area contributed by atoms with Crippen LogP contribution in [0.15, 0.2) is 18.2 Å². The molecule has 1 heterocycles. The van der Waals surface area contributed by atoms with Crippen LogP contribution in [0.3, 0.4) is 0 Å². The number of hydrogen-bond donors (Lipinski definition) is 1. The highest BCUT2D eigenvalue weighted by molar-refractivity contribution is 6.31. The van der Waals surface area contributed by atoms with E-state index in [2.05, 4.69) is 4.90 Å². The van der Waals surface area contributed by atoms with Gasteiger partial charge in [0.2, 0.25) is 0 Å². The minimum Gasteiger partial charge on any atom is -0.491 e. The average Bonchev–Trinajstić information content (AvgIpc) is 2.57. The van der Waals surface area contributed by atoms with E-state index in [1.54, 1.807) is 12.1 Å². The Bertz CT molecular complexity index is 548. The average molecular weight is 392 g/mol. The molecule has 1 fully saturated rings. The molecular formula is C18H27Cl2NO4. The highest BCUT2D eigenvalue weighted by Gasteiger charge is 2.26. The number of carbonyl (C=O) groups excluding carboxylic acids is 1. The van der Waals surface area contributed by atoms with Gasteiger partial charge >= 0.3 is 5.97 Å². The maximum Gasteiger partial charge on any atom is 0.309 e. The molecule has 0 saturated carbocycles. The molecule has 1 atom stereocenters. The molecule has 1 N–H and O–H groups in total. The Kier molecular flexibility index (Phi) is 9.57. The third kappa shape index (κ3) is 7.02. The molecule has 0 amide bonds. The van der Waals surface area contributed by atoms with Gasteiger partial charge in [0.1, 0.15) is 18.5 Å². The van der Waals surface area contributed by atoms with Crippen molar-refractivity contribution in [2.75, 3.05) is 32.8 Å². The Morgan fingerprint density at radius 1 is 1.40 bits per heavy atom. The topological polar surface area (TPSA) is 59.0 Å². The summed E-state index contributed by atoms with van der Waals surface area (Å²) in [4.78, 5) is 13.9. The van der Waals surface area contributed by atoms with Crippen LogP contribution in [0.25, 0.3) is 0 Å². The van der Waals surface area contributed by atoms with E-state index < -0.39 is 6.10 Å². The van der Waals surface area contributed by atoms with Gasteiger partial charge in [-0.3, -0.25) is 4.79 Å². The van der Waals surface area contributed by atoms with Crippen molar-refractivity contribution in [3.05, 3.63) is 28.8 Å². The number of esters is 1. The van der Waals surface area contributed by atoms with Crippen LogP contribution in [0.2, 0.25) is 5.02 Å². The van der Waals surface area contributed by atoms with Gasteiger partial charge in [-0.2, -0.15) is 0 Å². The second-order valence-electron chi connectivity index (χ2n) is 6.20. The SMILES string of the molecule is CCOC(=O)C1CCN(CC(O)COc2ccc(Cl)c(C)c2)CC1.Cl. The molecule has 0 bridgehead atoms. The second-order valence-corrected chi connectivity index (χ2v) is 6.61. The molecule has 7 heteroatoms. The number of β-amino-alcohol motifs (C(OH)–C–C–N with tert-alkyl or cyclic N) is 1. The van der Waals surface area contributed by atoms with Gasteiger partial charge in [-0.15, -0.1) is 12.4 Å². The van der Waals surface area contributed by atoms with Crippen molar-refractivity contribution in [2.24, 2.45) is 5.92 Å². The highest BCUT2D eigenvalue weighted by Crippen LogP contribution is 2.22. The number of carbonyl (C=O) groups is 1. The number of aryl methyl sites for hydroxylation is 1. The molecule has 25 heavy (non-hydrogen) atoms. The van der Waals surface area contributed by atoms with E-state index in [1.807, 2.05) is 19.9 Å². The fourth-order valence-electron chi connectivity index (χ4n) is 2.86. The van der Waals surface area contributed by atoms with Crippen LogP contribution in [0, 0.1) is 12.8 Å².